The normalized spacial score (nSPS) is 17.2. The van der Waals surface area contributed by atoms with Gasteiger partial charge in [0.25, 0.3) is 0 Å². The predicted octanol–water partition coefficient (Wildman–Crippen LogP) is 1.89. The molecule has 1 atom stereocenters. The van der Waals surface area contributed by atoms with E-state index in [0.29, 0.717) is 17.9 Å². The standard InChI is InChI=1S/C18H31N5O.HI/c1-15(2)13-17(23-9-11-24-12-10-23)14-22-18(19)21-8-6-16-5-3-4-7-20-16;/h3-5,7,15,17H,6,8-14H2,1-2H3,(H3,19,21,22);1H. The highest BCUT2D eigenvalue weighted by atomic mass is 127. The van der Waals surface area contributed by atoms with Gasteiger partial charge in [-0.3, -0.25) is 14.9 Å². The molecule has 2 rings (SSSR count). The van der Waals surface area contributed by atoms with Gasteiger partial charge in [-0.05, 0) is 24.5 Å². The SMILES string of the molecule is CC(C)CC(CN=C(N)NCCc1ccccn1)N1CCOCC1.I. The van der Waals surface area contributed by atoms with Gasteiger partial charge in [0.05, 0.1) is 19.8 Å². The Hall–Kier alpha value is -0.930. The first kappa shape index (κ1) is 22.1. The lowest BCUT2D eigenvalue weighted by Gasteiger charge is -2.34. The fraction of sp³-hybridized carbons (Fsp3) is 0.667. The van der Waals surface area contributed by atoms with E-state index in [9.17, 15) is 0 Å². The van der Waals surface area contributed by atoms with E-state index in [1.54, 1.807) is 0 Å². The Bertz CT molecular complexity index is 491. The molecule has 2 heterocycles. The van der Waals surface area contributed by atoms with E-state index in [4.69, 9.17) is 10.5 Å². The number of halogens is 1. The highest BCUT2D eigenvalue weighted by Gasteiger charge is 2.21. The number of ether oxygens (including phenoxy) is 1. The van der Waals surface area contributed by atoms with Gasteiger partial charge in [0.1, 0.15) is 0 Å². The number of rotatable bonds is 8. The van der Waals surface area contributed by atoms with E-state index in [-0.39, 0.29) is 24.0 Å². The van der Waals surface area contributed by atoms with Gasteiger partial charge >= 0.3 is 0 Å². The lowest BCUT2D eigenvalue weighted by Crippen LogP contribution is -2.46. The van der Waals surface area contributed by atoms with Crippen molar-refractivity contribution in [2.24, 2.45) is 16.6 Å². The Balaban J connectivity index is 0.00000312. The number of nitrogens with two attached hydrogens (primary N) is 1. The second-order valence-corrected chi connectivity index (χ2v) is 6.66. The quantitative estimate of drug-likeness (QED) is 0.352. The maximum Gasteiger partial charge on any atom is 0.188 e. The molecule has 1 saturated heterocycles. The molecule has 6 nitrogen and oxygen atoms in total. The van der Waals surface area contributed by atoms with Gasteiger partial charge in [-0.25, -0.2) is 0 Å². The third-order valence-corrected chi connectivity index (χ3v) is 4.19. The highest BCUT2D eigenvalue weighted by molar-refractivity contribution is 14.0. The second kappa shape index (κ2) is 12.4. The fourth-order valence-corrected chi connectivity index (χ4v) is 2.95. The van der Waals surface area contributed by atoms with Crippen LogP contribution in [0.5, 0.6) is 0 Å². The number of morpholine rings is 1. The number of hydrogen-bond acceptors (Lipinski definition) is 4. The Labute approximate surface area is 168 Å². The third-order valence-electron chi connectivity index (χ3n) is 4.19. The van der Waals surface area contributed by atoms with Crippen LogP contribution in [0.4, 0.5) is 0 Å². The van der Waals surface area contributed by atoms with Crippen molar-refractivity contribution >= 4 is 29.9 Å². The largest absolute Gasteiger partial charge is 0.379 e. The number of guanidine groups is 1. The Morgan fingerprint density at radius 1 is 1.36 bits per heavy atom. The zero-order chi connectivity index (χ0) is 17.2. The van der Waals surface area contributed by atoms with Gasteiger partial charge in [0, 0.05) is 44.0 Å². The van der Waals surface area contributed by atoms with Crippen molar-refractivity contribution < 1.29 is 4.74 Å². The molecule has 0 spiro atoms. The summed E-state index contributed by atoms with van der Waals surface area (Å²) in [6.07, 6.45) is 3.78. The predicted molar refractivity (Wildman–Crippen MR) is 113 cm³/mol. The summed E-state index contributed by atoms with van der Waals surface area (Å²) in [7, 11) is 0. The van der Waals surface area contributed by atoms with Crippen molar-refractivity contribution in [3.63, 3.8) is 0 Å². The van der Waals surface area contributed by atoms with Crippen LogP contribution in [0.15, 0.2) is 29.4 Å². The van der Waals surface area contributed by atoms with Crippen LogP contribution >= 0.6 is 24.0 Å². The molecule has 1 fully saturated rings. The Kier molecular flexibility index (Phi) is 11.0. The van der Waals surface area contributed by atoms with Crippen LogP contribution in [-0.4, -0.2) is 61.3 Å². The highest BCUT2D eigenvalue weighted by Crippen LogP contribution is 2.13. The number of nitrogens with zero attached hydrogens (tertiary/aromatic N) is 3. The summed E-state index contributed by atoms with van der Waals surface area (Å²) in [5, 5.41) is 3.19. The first-order chi connectivity index (χ1) is 11.6. The monoisotopic (exact) mass is 461 g/mol. The second-order valence-electron chi connectivity index (χ2n) is 6.66. The zero-order valence-electron chi connectivity index (χ0n) is 15.4. The number of pyridine rings is 1. The van der Waals surface area contributed by atoms with Crippen molar-refractivity contribution in [3.05, 3.63) is 30.1 Å². The minimum absolute atomic E-state index is 0. The number of aliphatic imine (C=N–C) groups is 1. The van der Waals surface area contributed by atoms with Crippen molar-refractivity contribution in [2.45, 2.75) is 32.7 Å². The molecular formula is C18H32IN5O. The van der Waals surface area contributed by atoms with Crippen LogP contribution in [0.1, 0.15) is 26.0 Å². The fourth-order valence-electron chi connectivity index (χ4n) is 2.95. The molecule has 142 valence electrons. The molecule has 1 unspecified atom stereocenters. The van der Waals surface area contributed by atoms with Gasteiger partial charge < -0.3 is 15.8 Å². The minimum Gasteiger partial charge on any atom is -0.379 e. The number of aromatic nitrogens is 1. The Morgan fingerprint density at radius 3 is 2.76 bits per heavy atom. The molecule has 25 heavy (non-hydrogen) atoms. The summed E-state index contributed by atoms with van der Waals surface area (Å²) in [6, 6.07) is 6.38. The van der Waals surface area contributed by atoms with Crippen LogP contribution < -0.4 is 11.1 Å². The lowest BCUT2D eigenvalue weighted by atomic mass is 10.0. The molecule has 0 bridgehead atoms. The van der Waals surface area contributed by atoms with Crippen LogP contribution in [0.3, 0.4) is 0 Å². The van der Waals surface area contributed by atoms with E-state index < -0.39 is 0 Å². The maximum atomic E-state index is 6.02. The molecule has 7 heteroatoms. The van der Waals surface area contributed by atoms with Gasteiger partial charge in [0.2, 0.25) is 0 Å². The van der Waals surface area contributed by atoms with Crippen molar-refractivity contribution in [2.75, 3.05) is 39.4 Å². The summed E-state index contributed by atoms with van der Waals surface area (Å²) in [5.41, 5.74) is 7.08. The summed E-state index contributed by atoms with van der Waals surface area (Å²) >= 11 is 0. The van der Waals surface area contributed by atoms with Crippen LogP contribution in [0.2, 0.25) is 0 Å². The summed E-state index contributed by atoms with van der Waals surface area (Å²) < 4.78 is 5.46. The summed E-state index contributed by atoms with van der Waals surface area (Å²) in [5.74, 6) is 1.17. The van der Waals surface area contributed by atoms with Gasteiger partial charge in [0.15, 0.2) is 5.96 Å². The average molecular weight is 461 g/mol. The molecule has 1 aliphatic rings. The van der Waals surface area contributed by atoms with Crippen molar-refractivity contribution in [3.8, 4) is 0 Å². The van der Waals surface area contributed by atoms with E-state index >= 15 is 0 Å². The number of nitrogens with one attached hydrogen (secondary N) is 1. The molecular weight excluding hydrogens is 429 g/mol. The topological polar surface area (TPSA) is 75.8 Å². The molecule has 3 N–H and O–H groups in total. The molecule has 0 aromatic carbocycles. The van der Waals surface area contributed by atoms with E-state index in [1.807, 2.05) is 24.4 Å². The van der Waals surface area contributed by atoms with Gasteiger partial charge in [-0.2, -0.15) is 0 Å². The summed E-state index contributed by atoms with van der Waals surface area (Å²) in [6.45, 7) is 9.60. The first-order valence-electron chi connectivity index (χ1n) is 8.90. The molecule has 0 saturated carbocycles. The molecule has 0 aliphatic carbocycles. The third kappa shape index (κ3) is 8.82. The van der Waals surface area contributed by atoms with Crippen LogP contribution in [-0.2, 0) is 11.2 Å². The zero-order valence-corrected chi connectivity index (χ0v) is 17.7. The number of hydrogen-bond donors (Lipinski definition) is 2. The Morgan fingerprint density at radius 2 is 2.12 bits per heavy atom. The summed E-state index contributed by atoms with van der Waals surface area (Å²) in [4.78, 5) is 11.3. The molecule has 1 aromatic rings. The average Bonchev–Trinajstić information content (AvgIpc) is 2.60. The first-order valence-corrected chi connectivity index (χ1v) is 8.90. The lowest BCUT2D eigenvalue weighted by molar-refractivity contribution is 0.0143. The minimum atomic E-state index is 0. The molecule has 0 radical (unpaired) electrons. The van der Waals surface area contributed by atoms with E-state index in [0.717, 1.165) is 57.9 Å². The molecule has 1 aliphatic heterocycles. The maximum absolute atomic E-state index is 6.02. The van der Waals surface area contributed by atoms with Crippen LogP contribution in [0.25, 0.3) is 0 Å². The van der Waals surface area contributed by atoms with E-state index in [1.165, 1.54) is 0 Å². The molecule has 0 amide bonds. The van der Waals surface area contributed by atoms with Crippen molar-refractivity contribution in [1.29, 1.82) is 0 Å². The van der Waals surface area contributed by atoms with Crippen LogP contribution in [0, 0.1) is 5.92 Å². The van der Waals surface area contributed by atoms with Gasteiger partial charge in [-0.15, -0.1) is 24.0 Å². The smallest absolute Gasteiger partial charge is 0.188 e. The van der Waals surface area contributed by atoms with Gasteiger partial charge in [-0.1, -0.05) is 19.9 Å². The molecule has 1 aromatic heterocycles. The van der Waals surface area contributed by atoms with E-state index in [2.05, 4.69) is 34.0 Å². The van der Waals surface area contributed by atoms with Crippen molar-refractivity contribution in [1.82, 2.24) is 15.2 Å².